The number of hydrogen-bond acceptors (Lipinski definition) is 4. The third-order valence-corrected chi connectivity index (χ3v) is 3.18. The number of benzene rings is 1. The van der Waals surface area contributed by atoms with E-state index in [0.29, 0.717) is 13.2 Å². The van der Waals surface area contributed by atoms with Gasteiger partial charge in [0.15, 0.2) is 0 Å². The molecule has 2 aromatic rings. The van der Waals surface area contributed by atoms with E-state index >= 15 is 0 Å². The van der Waals surface area contributed by atoms with E-state index in [2.05, 4.69) is 11.0 Å². The Labute approximate surface area is 107 Å². The molecule has 0 aliphatic carbocycles. The molecule has 4 heteroatoms. The van der Waals surface area contributed by atoms with E-state index in [-0.39, 0.29) is 6.04 Å². The molecule has 98 valence electrons. The number of hydrogen-bond donors (Lipinski definition) is 1. The lowest BCUT2D eigenvalue weighted by Crippen LogP contribution is -2.32. The largest absolute Gasteiger partial charge is 0.459 e. The summed E-state index contributed by atoms with van der Waals surface area (Å²) in [6, 6.07) is 10.2. The predicted octanol–water partition coefficient (Wildman–Crippen LogP) is 2.01. The number of likely N-dealkylation sites (N-methyl/N-ethyl adjacent to an activating group) is 1. The SMILES string of the molecule is COCCN(C)C(CN)c1cc2ccccc2o1. The zero-order chi connectivity index (χ0) is 13.0. The molecule has 0 aliphatic heterocycles. The van der Waals surface area contributed by atoms with E-state index in [4.69, 9.17) is 14.9 Å². The summed E-state index contributed by atoms with van der Waals surface area (Å²) in [7, 11) is 3.73. The van der Waals surface area contributed by atoms with Crippen molar-refractivity contribution in [3.8, 4) is 0 Å². The average Bonchev–Trinajstić information content (AvgIpc) is 2.80. The summed E-state index contributed by atoms with van der Waals surface area (Å²) in [4.78, 5) is 2.15. The fourth-order valence-electron chi connectivity index (χ4n) is 2.07. The normalized spacial score (nSPS) is 13.3. The lowest BCUT2D eigenvalue weighted by molar-refractivity contribution is 0.133. The topological polar surface area (TPSA) is 51.6 Å². The zero-order valence-corrected chi connectivity index (χ0v) is 10.9. The second-order valence-corrected chi connectivity index (χ2v) is 4.41. The fraction of sp³-hybridized carbons (Fsp3) is 0.429. The molecule has 1 atom stereocenters. The first-order valence-electron chi connectivity index (χ1n) is 6.14. The van der Waals surface area contributed by atoms with Crippen LogP contribution in [0.3, 0.4) is 0 Å². The number of methoxy groups -OCH3 is 1. The van der Waals surface area contributed by atoms with Crippen LogP contribution >= 0.6 is 0 Å². The van der Waals surface area contributed by atoms with Crippen LogP contribution in [0.2, 0.25) is 0 Å². The Kier molecular flexibility index (Phi) is 4.36. The van der Waals surface area contributed by atoms with Crippen molar-refractivity contribution in [1.29, 1.82) is 0 Å². The van der Waals surface area contributed by atoms with Crippen LogP contribution in [0.25, 0.3) is 11.0 Å². The number of furan rings is 1. The molecule has 2 N–H and O–H groups in total. The summed E-state index contributed by atoms with van der Waals surface area (Å²) in [6.07, 6.45) is 0. The monoisotopic (exact) mass is 248 g/mol. The van der Waals surface area contributed by atoms with Gasteiger partial charge in [-0.3, -0.25) is 4.90 Å². The summed E-state index contributed by atoms with van der Waals surface area (Å²) >= 11 is 0. The van der Waals surface area contributed by atoms with Gasteiger partial charge in [0.2, 0.25) is 0 Å². The Morgan fingerprint density at radius 2 is 2.17 bits per heavy atom. The number of ether oxygens (including phenoxy) is 1. The maximum atomic E-state index is 5.86. The minimum absolute atomic E-state index is 0.0903. The van der Waals surface area contributed by atoms with Gasteiger partial charge in [-0.1, -0.05) is 18.2 Å². The molecule has 0 bridgehead atoms. The smallest absolute Gasteiger partial charge is 0.134 e. The van der Waals surface area contributed by atoms with E-state index in [9.17, 15) is 0 Å². The lowest BCUT2D eigenvalue weighted by atomic mass is 10.2. The molecular weight excluding hydrogens is 228 g/mol. The Morgan fingerprint density at radius 3 is 2.83 bits per heavy atom. The molecular formula is C14H20N2O2. The number of nitrogens with zero attached hydrogens (tertiary/aromatic N) is 1. The van der Waals surface area contributed by atoms with Crippen LogP contribution in [0.4, 0.5) is 0 Å². The van der Waals surface area contributed by atoms with Gasteiger partial charge >= 0.3 is 0 Å². The minimum atomic E-state index is 0.0903. The van der Waals surface area contributed by atoms with Crippen molar-refractivity contribution in [1.82, 2.24) is 4.90 Å². The maximum absolute atomic E-state index is 5.86. The standard InChI is InChI=1S/C14H20N2O2/c1-16(7-8-17-2)12(10-15)14-9-11-5-3-4-6-13(11)18-14/h3-6,9,12H,7-8,10,15H2,1-2H3. The van der Waals surface area contributed by atoms with Crippen molar-refractivity contribution in [2.45, 2.75) is 6.04 Å². The van der Waals surface area contributed by atoms with Crippen LogP contribution in [-0.2, 0) is 4.74 Å². The lowest BCUT2D eigenvalue weighted by Gasteiger charge is -2.24. The molecule has 0 spiro atoms. The van der Waals surface area contributed by atoms with E-state index in [0.717, 1.165) is 23.3 Å². The fourth-order valence-corrected chi connectivity index (χ4v) is 2.07. The quantitative estimate of drug-likeness (QED) is 0.849. The Hall–Kier alpha value is -1.36. The maximum Gasteiger partial charge on any atom is 0.134 e. The van der Waals surface area contributed by atoms with Gasteiger partial charge in [0.05, 0.1) is 12.6 Å². The summed E-state index contributed by atoms with van der Waals surface area (Å²) in [5, 5.41) is 1.12. The van der Waals surface area contributed by atoms with Gasteiger partial charge in [0.25, 0.3) is 0 Å². The van der Waals surface area contributed by atoms with Crippen molar-refractivity contribution >= 4 is 11.0 Å². The summed E-state index contributed by atoms with van der Waals surface area (Å²) in [5.41, 5.74) is 6.77. The third-order valence-electron chi connectivity index (χ3n) is 3.18. The molecule has 2 rings (SSSR count). The molecule has 0 saturated heterocycles. The van der Waals surface area contributed by atoms with Crippen LogP contribution in [0.15, 0.2) is 34.7 Å². The van der Waals surface area contributed by atoms with E-state index in [1.807, 2.05) is 31.3 Å². The van der Waals surface area contributed by atoms with Crippen LogP contribution in [0.5, 0.6) is 0 Å². The molecule has 0 amide bonds. The van der Waals surface area contributed by atoms with Gasteiger partial charge in [-0.15, -0.1) is 0 Å². The van der Waals surface area contributed by atoms with Crippen molar-refractivity contribution in [3.63, 3.8) is 0 Å². The van der Waals surface area contributed by atoms with Crippen LogP contribution in [-0.4, -0.2) is 38.8 Å². The highest BCUT2D eigenvalue weighted by molar-refractivity contribution is 5.77. The molecule has 0 fully saturated rings. The highest BCUT2D eigenvalue weighted by Crippen LogP contribution is 2.26. The molecule has 18 heavy (non-hydrogen) atoms. The first-order valence-corrected chi connectivity index (χ1v) is 6.14. The first kappa shape index (κ1) is 13.1. The van der Waals surface area contributed by atoms with Gasteiger partial charge < -0.3 is 14.9 Å². The van der Waals surface area contributed by atoms with Crippen LogP contribution < -0.4 is 5.73 Å². The summed E-state index contributed by atoms with van der Waals surface area (Å²) < 4.78 is 10.9. The van der Waals surface area contributed by atoms with Crippen LogP contribution in [0.1, 0.15) is 11.8 Å². The molecule has 0 saturated carbocycles. The zero-order valence-electron chi connectivity index (χ0n) is 10.9. The number of nitrogens with two attached hydrogens (primary N) is 1. The molecule has 4 nitrogen and oxygen atoms in total. The number of rotatable bonds is 6. The number of fused-ring (bicyclic) bond motifs is 1. The number of para-hydroxylation sites is 1. The summed E-state index contributed by atoms with van der Waals surface area (Å²) in [6.45, 7) is 2.04. The highest BCUT2D eigenvalue weighted by atomic mass is 16.5. The van der Waals surface area contributed by atoms with E-state index in [1.165, 1.54) is 0 Å². The Morgan fingerprint density at radius 1 is 1.39 bits per heavy atom. The van der Waals surface area contributed by atoms with Crippen molar-refractivity contribution in [3.05, 3.63) is 36.1 Å². The van der Waals surface area contributed by atoms with Gasteiger partial charge in [-0.25, -0.2) is 0 Å². The van der Waals surface area contributed by atoms with Crippen molar-refractivity contribution < 1.29 is 9.15 Å². The van der Waals surface area contributed by atoms with E-state index < -0.39 is 0 Å². The molecule has 1 unspecified atom stereocenters. The molecule has 0 aliphatic rings. The van der Waals surface area contributed by atoms with Gasteiger partial charge in [-0.2, -0.15) is 0 Å². The van der Waals surface area contributed by atoms with E-state index in [1.54, 1.807) is 7.11 Å². The Balaban J connectivity index is 2.20. The molecule has 1 aromatic heterocycles. The second kappa shape index (κ2) is 6.00. The van der Waals surface area contributed by atoms with Gasteiger partial charge in [0, 0.05) is 25.6 Å². The van der Waals surface area contributed by atoms with Crippen molar-refractivity contribution in [2.75, 3.05) is 33.9 Å². The second-order valence-electron chi connectivity index (χ2n) is 4.41. The minimum Gasteiger partial charge on any atom is -0.459 e. The Bertz CT molecular complexity index is 462. The van der Waals surface area contributed by atoms with Gasteiger partial charge in [-0.05, 0) is 19.2 Å². The van der Waals surface area contributed by atoms with Crippen molar-refractivity contribution in [2.24, 2.45) is 5.73 Å². The highest BCUT2D eigenvalue weighted by Gasteiger charge is 2.19. The van der Waals surface area contributed by atoms with Crippen LogP contribution in [0, 0.1) is 0 Å². The third kappa shape index (κ3) is 2.72. The molecule has 1 aromatic carbocycles. The summed E-state index contributed by atoms with van der Waals surface area (Å²) in [5.74, 6) is 0.914. The first-order chi connectivity index (χ1) is 8.76. The average molecular weight is 248 g/mol. The predicted molar refractivity (Wildman–Crippen MR) is 72.5 cm³/mol. The van der Waals surface area contributed by atoms with Gasteiger partial charge in [0.1, 0.15) is 11.3 Å². The molecule has 1 heterocycles. The molecule has 0 radical (unpaired) electrons.